The van der Waals surface area contributed by atoms with Crippen molar-refractivity contribution in [3.63, 3.8) is 0 Å². The van der Waals surface area contributed by atoms with Crippen LogP contribution in [0.25, 0.3) is 11.3 Å². The molecular formula is C20H18N2O2. The van der Waals surface area contributed by atoms with Crippen LogP contribution >= 0.6 is 0 Å². The van der Waals surface area contributed by atoms with E-state index in [-0.39, 0.29) is 0 Å². The van der Waals surface area contributed by atoms with E-state index in [1.165, 1.54) is 0 Å². The Morgan fingerprint density at radius 3 is 2.38 bits per heavy atom. The van der Waals surface area contributed by atoms with Gasteiger partial charge in [0, 0.05) is 11.8 Å². The highest BCUT2D eigenvalue weighted by Gasteiger charge is 2.12. The van der Waals surface area contributed by atoms with Gasteiger partial charge in [0.2, 0.25) is 0 Å². The van der Waals surface area contributed by atoms with Crippen LogP contribution in [0.2, 0.25) is 0 Å². The normalized spacial score (nSPS) is 10.2. The fourth-order valence-electron chi connectivity index (χ4n) is 2.34. The van der Waals surface area contributed by atoms with E-state index in [9.17, 15) is 4.79 Å². The number of anilines is 1. The van der Waals surface area contributed by atoms with Crippen molar-refractivity contribution in [2.24, 2.45) is 0 Å². The molecule has 0 saturated carbocycles. The molecule has 3 aromatic rings. The molecule has 0 aliphatic heterocycles. The number of hydrogen-bond donors (Lipinski definition) is 1. The molecule has 2 aromatic carbocycles. The minimum Gasteiger partial charge on any atom is -0.410 e. The second-order valence-corrected chi connectivity index (χ2v) is 5.60. The first-order valence-corrected chi connectivity index (χ1v) is 7.69. The van der Waals surface area contributed by atoms with Gasteiger partial charge in [-0.2, -0.15) is 0 Å². The molecule has 1 heterocycles. The van der Waals surface area contributed by atoms with Gasteiger partial charge in [0.05, 0.1) is 11.4 Å². The average molecular weight is 318 g/mol. The van der Waals surface area contributed by atoms with Gasteiger partial charge >= 0.3 is 6.09 Å². The molecule has 0 fully saturated rings. The van der Waals surface area contributed by atoms with Crippen molar-refractivity contribution in [1.82, 2.24) is 4.98 Å². The summed E-state index contributed by atoms with van der Waals surface area (Å²) in [5.74, 6) is 0.500. The van der Waals surface area contributed by atoms with Crippen LogP contribution in [-0.2, 0) is 0 Å². The van der Waals surface area contributed by atoms with Gasteiger partial charge in [-0.3, -0.25) is 10.3 Å². The Balaban J connectivity index is 1.82. The summed E-state index contributed by atoms with van der Waals surface area (Å²) < 4.78 is 5.33. The standard InChI is InChI=1S/C20H18N2O2/c1-14-8-10-17(11-9-14)24-20(23)22-18-12-15(2)13-21-19(18)16-6-4-3-5-7-16/h3-13H,1-2H3,(H,22,23). The van der Waals surface area contributed by atoms with Crippen molar-refractivity contribution < 1.29 is 9.53 Å². The second-order valence-electron chi connectivity index (χ2n) is 5.60. The molecule has 120 valence electrons. The number of pyridine rings is 1. The van der Waals surface area contributed by atoms with E-state index in [0.29, 0.717) is 17.1 Å². The third-order valence-electron chi connectivity index (χ3n) is 3.54. The lowest BCUT2D eigenvalue weighted by atomic mass is 10.1. The van der Waals surface area contributed by atoms with Crippen LogP contribution in [0.3, 0.4) is 0 Å². The summed E-state index contributed by atoms with van der Waals surface area (Å²) in [6, 6.07) is 18.9. The fraction of sp³-hybridized carbons (Fsp3) is 0.100. The number of aromatic nitrogens is 1. The topological polar surface area (TPSA) is 51.2 Å². The number of aryl methyl sites for hydroxylation is 2. The zero-order valence-electron chi connectivity index (χ0n) is 13.6. The highest BCUT2D eigenvalue weighted by molar-refractivity contribution is 5.91. The Morgan fingerprint density at radius 2 is 1.67 bits per heavy atom. The van der Waals surface area contributed by atoms with E-state index in [0.717, 1.165) is 16.7 Å². The molecule has 0 aliphatic carbocycles. The van der Waals surface area contributed by atoms with E-state index in [2.05, 4.69) is 10.3 Å². The van der Waals surface area contributed by atoms with Crippen LogP contribution in [0.15, 0.2) is 66.9 Å². The summed E-state index contributed by atoms with van der Waals surface area (Å²) >= 11 is 0. The zero-order valence-corrected chi connectivity index (χ0v) is 13.6. The molecule has 0 saturated heterocycles. The third-order valence-corrected chi connectivity index (χ3v) is 3.54. The fourth-order valence-corrected chi connectivity index (χ4v) is 2.34. The van der Waals surface area contributed by atoms with Crippen LogP contribution in [0.5, 0.6) is 5.75 Å². The van der Waals surface area contributed by atoms with Crippen LogP contribution in [-0.4, -0.2) is 11.1 Å². The van der Waals surface area contributed by atoms with Crippen LogP contribution < -0.4 is 10.1 Å². The average Bonchev–Trinajstić information content (AvgIpc) is 2.58. The Bertz CT molecular complexity index is 843. The largest absolute Gasteiger partial charge is 0.417 e. The number of benzene rings is 2. The lowest BCUT2D eigenvalue weighted by Gasteiger charge is -2.12. The van der Waals surface area contributed by atoms with Gasteiger partial charge in [0.15, 0.2) is 0 Å². The van der Waals surface area contributed by atoms with Gasteiger partial charge in [0.25, 0.3) is 0 Å². The predicted octanol–water partition coefficient (Wildman–Crippen LogP) is 4.98. The number of carbonyl (C=O) groups is 1. The summed E-state index contributed by atoms with van der Waals surface area (Å²) in [5, 5.41) is 2.79. The maximum Gasteiger partial charge on any atom is 0.417 e. The number of carbonyl (C=O) groups excluding carboxylic acids is 1. The van der Waals surface area contributed by atoms with Gasteiger partial charge in [-0.15, -0.1) is 0 Å². The van der Waals surface area contributed by atoms with Crippen molar-refractivity contribution in [3.8, 4) is 17.0 Å². The molecule has 4 heteroatoms. The monoisotopic (exact) mass is 318 g/mol. The molecule has 1 amide bonds. The number of rotatable bonds is 3. The van der Waals surface area contributed by atoms with Gasteiger partial charge in [0.1, 0.15) is 5.75 Å². The molecule has 0 spiro atoms. The summed E-state index contributed by atoms with van der Waals surface area (Å²) in [6.07, 6.45) is 1.24. The van der Waals surface area contributed by atoms with Gasteiger partial charge in [-0.25, -0.2) is 4.79 Å². The molecule has 0 aliphatic rings. The second kappa shape index (κ2) is 6.96. The zero-order chi connectivity index (χ0) is 16.9. The number of amides is 1. The molecule has 4 nitrogen and oxygen atoms in total. The van der Waals surface area contributed by atoms with Crippen molar-refractivity contribution >= 4 is 11.8 Å². The highest BCUT2D eigenvalue weighted by Crippen LogP contribution is 2.26. The SMILES string of the molecule is Cc1ccc(OC(=O)Nc2cc(C)cnc2-c2ccccc2)cc1. The third kappa shape index (κ3) is 3.79. The molecule has 1 aromatic heterocycles. The summed E-state index contributed by atoms with van der Waals surface area (Å²) in [5.41, 5.74) is 4.33. The summed E-state index contributed by atoms with van der Waals surface area (Å²) in [7, 11) is 0. The molecule has 0 bridgehead atoms. The van der Waals surface area contributed by atoms with Gasteiger partial charge in [-0.05, 0) is 37.6 Å². The Kier molecular flexibility index (Phi) is 4.57. The smallest absolute Gasteiger partial charge is 0.410 e. The van der Waals surface area contributed by atoms with Gasteiger partial charge < -0.3 is 4.74 Å². The number of nitrogens with one attached hydrogen (secondary N) is 1. The van der Waals surface area contributed by atoms with E-state index in [1.807, 2.05) is 62.4 Å². The predicted molar refractivity (Wildman–Crippen MR) is 95.2 cm³/mol. The van der Waals surface area contributed by atoms with E-state index < -0.39 is 6.09 Å². The minimum absolute atomic E-state index is 0.500. The maximum atomic E-state index is 12.2. The quantitative estimate of drug-likeness (QED) is 0.741. The van der Waals surface area contributed by atoms with E-state index >= 15 is 0 Å². The van der Waals surface area contributed by atoms with Crippen molar-refractivity contribution in [2.75, 3.05) is 5.32 Å². The molecule has 3 rings (SSSR count). The Hall–Kier alpha value is -3.14. The summed E-state index contributed by atoms with van der Waals surface area (Å²) in [4.78, 5) is 16.7. The number of nitrogens with zero attached hydrogens (tertiary/aromatic N) is 1. The van der Waals surface area contributed by atoms with Crippen molar-refractivity contribution in [2.45, 2.75) is 13.8 Å². The maximum absolute atomic E-state index is 12.2. The van der Waals surface area contributed by atoms with Crippen LogP contribution in [0.1, 0.15) is 11.1 Å². The Morgan fingerprint density at radius 1 is 0.958 bits per heavy atom. The van der Waals surface area contributed by atoms with Crippen molar-refractivity contribution in [1.29, 1.82) is 0 Å². The molecule has 24 heavy (non-hydrogen) atoms. The first-order valence-electron chi connectivity index (χ1n) is 7.69. The number of ether oxygens (including phenoxy) is 1. The lowest BCUT2D eigenvalue weighted by Crippen LogP contribution is -2.17. The van der Waals surface area contributed by atoms with Crippen LogP contribution in [0.4, 0.5) is 10.5 Å². The minimum atomic E-state index is -0.538. The molecule has 0 radical (unpaired) electrons. The Labute approximate surface area is 141 Å². The molecule has 0 unspecified atom stereocenters. The lowest BCUT2D eigenvalue weighted by molar-refractivity contribution is 0.215. The van der Waals surface area contributed by atoms with Crippen molar-refractivity contribution in [3.05, 3.63) is 78.0 Å². The first kappa shape index (κ1) is 15.7. The van der Waals surface area contributed by atoms with Gasteiger partial charge in [-0.1, -0.05) is 48.0 Å². The van der Waals surface area contributed by atoms with E-state index in [4.69, 9.17) is 4.74 Å². The first-order chi connectivity index (χ1) is 11.6. The molecule has 1 N–H and O–H groups in total. The molecule has 0 atom stereocenters. The van der Waals surface area contributed by atoms with E-state index in [1.54, 1.807) is 18.3 Å². The summed E-state index contributed by atoms with van der Waals surface area (Å²) in [6.45, 7) is 3.91. The highest BCUT2D eigenvalue weighted by atomic mass is 16.6. The number of hydrogen-bond acceptors (Lipinski definition) is 3. The van der Waals surface area contributed by atoms with Crippen LogP contribution in [0, 0.1) is 13.8 Å². The molecular weight excluding hydrogens is 300 g/mol.